The quantitative estimate of drug-likeness (QED) is 0.819. The average molecular weight is 328 g/mol. The fourth-order valence-electron chi connectivity index (χ4n) is 3.18. The lowest BCUT2D eigenvalue weighted by molar-refractivity contribution is -0.0840. The number of fused-ring (bicyclic) bond motifs is 1. The second kappa shape index (κ2) is 5.88. The van der Waals surface area contributed by atoms with Crippen LogP contribution in [0.1, 0.15) is 12.0 Å². The van der Waals surface area contributed by atoms with Crippen LogP contribution in [0, 0.1) is 12.7 Å². The molecule has 0 amide bonds. The molecule has 2 heterocycles. The van der Waals surface area contributed by atoms with Gasteiger partial charge in [-0.1, -0.05) is 6.07 Å². The SMILES string of the molecule is Cc1ccc(F)c(S(=O)(=O)N2CC[C@H]3OCCN(C)[C@H]3C2)c1. The minimum absolute atomic E-state index is 0.0325. The molecule has 122 valence electrons. The lowest BCUT2D eigenvalue weighted by Gasteiger charge is -2.45. The Morgan fingerprint density at radius 2 is 2.09 bits per heavy atom. The van der Waals surface area contributed by atoms with Crippen LogP contribution in [0.15, 0.2) is 23.1 Å². The maximum atomic E-state index is 14.0. The molecular formula is C15H21FN2O3S. The van der Waals surface area contributed by atoms with Gasteiger partial charge in [0.15, 0.2) is 0 Å². The van der Waals surface area contributed by atoms with Gasteiger partial charge in [0.1, 0.15) is 10.7 Å². The largest absolute Gasteiger partial charge is 0.375 e. The highest BCUT2D eigenvalue weighted by atomic mass is 32.2. The second-order valence-corrected chi connectivity index (χ2v) is 7.95. The molecule has 0 saturated carbocycles. The van der Waals surface area contributed by atoms with E-state index in [0.29, 0.717) is 26.1 Å². The monoisotopic (exact) mass is 328 g/mol. The summed E-state index contributed by atoms with van der Waals surface area (Å²) in [6, 6.07) is 4.22. The Morgan fingerprint density at radius 3 is 2.86 bits per heavy atom. The van der Waals surface area contributed by atoms with Gasteiger partial charge in [0.25, 0.3) is 0 Å². The van der Waals surface area contributed by atoms with Gasteiger partial charge < -0.3 is 4.74 Å². The van der Waals surface area contributed by atoms with Crippen molar-refractivity contribution in [2.24, 2.45) is 0 Å². The number of likely N-dealkylation sites (N-methyl/N-ethyl adjacent to an activating group) is 1. The topological polar surface area (TPSA) is 49.9 Å². The molecule has 0 radical (unpaired) electrons. The van der Waals surface area contributed by atoms with Gasteiger partial charge in [-0.25, -0.2) is 12.8 Å². The molecule has 1 aromatic rings. The van der Waals surface area contributed by atoms with E-state index >= 15 is 0 Å². The van der Waals surface area contributed by atoms with Gasteiger partial charge in [0, 0.05) is 25.7 Å². The summed E-state index contributed by atoms with van der Waals surface area (Å²) in [5.74, 6) is -0.694. The molecule has 0 bridgehead atoms. The number of aryl methyl sites for hydroxylation is 1. The van der Waals surface area contributed by atoms with Crippen LogP contribution < -0.4 is 0 Å². The van der Waals surface area contributed by atoms with Crippen molar-refractivity contribution < 1.29 is 17.5 Å². The Labute approximate surface area is 130 Å². The zero-order valence-electron chi connectivity index (χ0n) is 12.8. The van der Waals surface area contributed by atoms with Crippen molar-refractivity contribution in [2.45, 2.75) is 30.4 Å². The predicted octanol–water partition coefficient (Wildman–Crippen LogP) is 1.23. The Hall–Kier alpha value is -1.02. The fraction of sp³-hybridized carbons (Fsp3) is 0.600. The van der Waals surface area contributed by atoms with E-state index in [0.717, 1.165) is 12.1 Å². The van der Waals surface area contributed by atoms with Crippen LogP contribution in [0.25, 0.3) is 0 Å². The summed E-state index contributed by atoms with van der Waals surface area (Å²) in [5.41, 5.74) is 0.730. The highest BCUT2D eigenvalue weighted by Crippen LogP contribution is 2.27. The number of halogens is 1. The number of sulfonamides is 1. The molecule has 22 heavy (non-hydrogen) atoms. The number of hydrogen-bond donors (Lipinski definition) is 0. The van der Waals surface area contributed by atoms with E-state index in [1.807, 2.05) is 7.05 Å². The third kappa shape index (κ3) is 2.78. The normalized spacial score (nSPS) is 27.6. The summed E-state index contributed by atoms with van der Waals surface area (Å²) in [7, 11) is -1.84. The lowest BCUT2D eigenvalue weighted by Crippen LogP contribution is -2.59. The van der Waals surface area contributed by atoms with E-state index < -0.39 is 15.8 Å². The van der Waals surface area contributed by atoms with Gasteiger partial charge in [-0.05, 0) is 38.1 Å². The molecular weight excluding hydrogens is 307 g/mol. The van der Waals surface area contributed by atoms with Crippen LogP contribution in [-0.2, 0) is 14.8 Å². The molecule has 0 aromatic heterocycles. The fourth-order valence-corrected chi connectivity index (χ4v) is 4.80. The Bertz CT molecular complexity index is 665. The minimum Gasteiger partial charge on any atom is -0.375 e. The third-order valence-electron chi connectivity index (χ3n) is 4.53. The summed E-state index contributed by atoms with van der Waals surface area (Å²) < 4.78 is 46.6. The molecule has 5 nitrogen and oxygen atoms in total. The summed E-state index contributed by atoms with van der Waals surface area (Å²) in [6.07, 6.45) is 0.703. The summed E-state index contributed by atoms with van der Waals surface area (Å²) >= 11 is 0. The standard InChI is InChI=1S/C15H21FN2O3S/c1-11-3-4-12(16)15(9-11)22(19,20)18-6-5-14-13(10-18)17(2)7-8-21-14/h3-4,9,13-14H,5-8,10H2,1-2H3/t13-,14+/m0/s1. The first kappa shape index (κ1) is 15.9. The number of rotatable bonds is 2. The first-order valence-corrected chi connectivity index (χ1v) is 8.92. The number of benzene rings is 1. The van der Waals surface area contributed by atoms with Crippen LogP contribution in [0.5, 0.6) is 0 Å². The Morgan fingerprint density at radius 1 is 1.32 bits per heavy atom. The van der Waals surface area contributed by atoms with E-state index in [1.165, 1.54) is 16.4 Å². The molecule has 2 saturated heterocycles. The van der Waals surface area contributed by atoms with E-state index in [9.17, 15) is 12.8 Å². The van der Waals surface area contributed by atoms with Crippen LogP contribution in [-0.4, -0.2) is 63.1 Å². The van der Waals surface area contributed by atoms with Crippen LogP contribution in [0.3, 0.4) is 0 Å². The summed E-state index contributed by atoms with van der Waals surface area (Å²) in [6.45, 7) is 3.93. The molecule has 2 fully saturated rings. The molecule has 0 unspecified atom stereocenters. The van der Waals surface area contributed by atoms with Gasteiger partial charge in [-0.2, -0.15) is 4.31 Å². The number of piperidine rings is 1. The maximum absolute atomic E-state index is 14.0. The van der Waals surface area contributed by atoms with Crippen molar-refractivity contribution in [1.29, 1.82) is 0 Å². The molecule has 2 aliphatic heterocycles. The first-order chi connectivity index (χ1) is 10.4. The van der Waals surface area contributed by atoms with Crippen LogP contribution in [0.2, 0.25) is 0 Å². The third-order valence-corrected chi connectivity index (χ3v) is 6.41. The van der Waals surface area contributed by atoms with Crippen molar-refractivity contribution in [2.75, 3.05) is 33.3 Å². The average Bonchev–Trinajstić information content (AvgIpc) is 2.49. The van der Waals surface area contributed by atoms with E-state index in [-0.39, 0.29) is 17.0 Å². The number of ether oxygens (including phenoxy) is 1. The van der Waals surface area contributed by atoms with Gasteiger partial charge in [-0.3, -0.25) is 4.90 Å². The predicted molar refractivity (Wildman–Crippen MR) is 80.7 cm³/mol. The van der Waals surface area contributed by atoms with E-state index in [4.69, 9.17) is 4.74 Å². The van der Waals surface area contributed by atoms with Gasteiger partial charge in [-0.15, -0.1) is 0 Å². The number of hydrogen-bond acceptors (Lipinski definition) is 4. The van der Waals surface area contributed by atoms with Gasteiger partial charge >= 0.3 is 0 Å². The second-order valence-electron chi connectivity index (χ2n) is 6.04. The summed E-state index contributed by atoms with van der Waals surface area (Å²) in [4.78, 5) is 1.90. The maximum Gasteiger partial charge on any atom is 0.246 e. The molecule has 3 rings (SSSR count). The smallest absolute Gasteiger partial charge is 0.246 e. The van der Waals surface area contributed by atoms with Crippen molar-refractivity contribution in [3.05, 3.63) is 29.6 Å². The van der Waals surface area contributed by atoms with Gasteiger partial charge in [0.2, 0.25) is 10.0 Å². The van der Waals surface area contributed by atoms with Crippen molar-refractivity contribution in [3.63, 3.8) is 0 Å². The zero-order valence-corrected chi connectivity index (χ0v) is 13.6. The Kier molecular flexibility index (Phi) is 4.24. The van der Waals surface area contributed by atoms with Crippen molar-refractivity contribution >= 4 is 10.0 Å². The molecule has 1 aromatic carbocycles. The number of nitrogens with zero attached hydrogens (tertiary/aromatic N) is 2. The van der Waals surface area contributed by atoms with Crippen LogP contribution >= 0.6 is 0 Å². The minimum atomic E-state index is -3.81. The Balaban J connectivity index is 1.88. The molecule has 0 aliphatic carbocycles. The zero-order chi connectivity index (χ0) is 15.9. The van der Waals surface area contributed by atoms with Crippen LogP contribution in [0.4, 0.5) is 4.39 Å². The molecule has 0 N–H and O–H groups in total. The van der Waals surface area contributed by atoms with Crippen molar-refractivity contribution in [1.82, 2.24) is 9.21 Å². The number of morpholine rings is 1. The molecule has 7 heteroatoms. The highest BCUT2D eigenvalue weighted by molar-refractivity contribution is 7.89. The molecule has 0 spiro atoms. The molecule has 2 aliphatic rings. The van der Waals surface area contributed by atoms with Crippen molar-refractivity contribution in [3.8, 4) is 0 Å². The van der Waals surface area contributed by atoms with E-state index in [1.54, 1.807) is 13.0 Å². The summed E-state index contributed by atoms with van der Waals surface area (Å²) in [5, 5.41) is 0. The molecule has 2 atom stereocenters. The highest BCUT2D eigenvalue weighted by Gasteiger charge is 2.40. The first-order valence-electron chi connectivity index (χ1n) is 7.48. The van der Waals surface area contributed by atoms with Gasteiger partial charge in [0.05, 0.1) is 12.7 Å². The van der Waals surface area contributed by atoms with E-state index in [2.05, 4.69) is 4.90 Å². The lowest BCUT2D eigenvalue weighted by atomic mass is 10.0.